The highest BCUT2D eigenvalue weighted by atomic mass is 19.1. The molecule has 0 radical (unpaired) electrons. The molecule has 1 aliphatic rings. The number of nitrogens with one attached hydrogen (secondary N) is 1. The van der Waals surface area contributed by atoms with Gasteiger partial charge in [0.05, 0.1) is 14.2 Å². The molecule has 0 atom stereocenters. The first kappa shape index (κ1) is 24.7. The lowest BCUT2D eigenvalue weighted by atomic mass is 9.82. The second-order valence-corrected chi connectivity index (χ2v) is 8.41. The molecule has 3 aromatic carbocycles. The van der Waals surface area contributed by atoms with Gasteiger partial charge in [-0.2, -0.15) is 0 Å². The van der Waals surface area contributed by atoms with Crippen molar-refractivity contribution in [2.75, 3.05) is 27.8 Å². The Balaban J connectivity index is 1.64. The van der Waals surface area contributed by atoms with Gasteiger partial charge in [-0.1, -0.05) is 36.4 Å². The summed E-state index contributed by atoms with van der Waals surface area (Å²) in [7, 11) is 4.60. The van der Waals surface area contributed by atoms with Gasteiger partial charge in [0.1, 0.15) is 23.9 Å². The van der Waals surface area contributed by atoms with E-state index in [0.717, 1.165) is 4.90 Å². The minimum atomic E-state index is -1.54. The van der Waals surface area contributed by atoms with Crippen LogP contribution in [0.3, 0.4) is 0 Å². The van der Waals surface area contributed by atoms with Crippen LogP contribution in [0.1, 0.15) is 16.7 Å². The summed E-state index contributed by atoms with van der Waals surface area (Å²) in [4.78, 5) is 42.1. The lowest BCUT2D eigenvalue weighted by molar-refractivity contribution is -0.138. The smallest absolute Gasteiger partial charge is 0.326 e. The Kier molecular flexibility index (Phi) is 6.91. The summed E-state index contributed by atoms with van der Waals surface area (Å²) in [6, 6.07) is 18.8. The first-order valence-corrected chi connectivity index (χ1v) is 11.2. The van der Waals surface area contributed by atoms with E-state index in [1.807, 2.05) is 0 Å². The largest absolute Gasteiger partial charge is 0.497 e. The summed E-state index contributed by atoms with van der Waals surface area (Å²) >= 11 is 0. The fourth-order valence-electron chi connectivity index (χ4n) is 4.21. The van der Waals surface area contributed by atoms with Gasteiger partial charge in [0.2, 0.25) is 5.91 Å². The maximum absolute atomic E-state index is 13.9. The Bertz CT molecular complexity index is 1230. The number of rotatable bonds is 8. The summed E-state index contributed by atoms with van der Waals surface area (Å²) in [5.74, 6) is -0.289. The molecule has 0 saturated carbocycles. The van der Waals surface area contributed by atoms with Gasteiger partial charge in [-0.3, -0.25) is 14.5 Å². The highest BCUT2D eigenvalue weighted by Crippen LogP contribution is 2.37. The number of carbonyl (C=O) groups excluding carboxylic acids is 3. The van der Waals surface area contributed by atoms with Crippen molar-refractivity contribution in [3.63, 3.8) is 0 Å². The standard InChI is InChI=1S/C27H26FN3O5/c1-30(16-18-5-4-6-21(28)15-18)24(32)17-31-25(33)27(29-26(31)34,19-7-11-22(35-2)12-8-19)20-9-13-23(36-3)14-10-20/h4-15H,16-17H2,1-3H3,(H,29,34). The van der Waals surface area contributed by atoms with Crippen LogP contribution in [0.15, 0.2) is 72.8 Å². The molecular weight excluding hydrogens is 465 g/mol. The molecule has 0 aromatic heterocycles. The number of halogens is 1. The second-order valence-electron chi connectivity index (χ2n) is 8.41. The summed E-state index contributed by atoms with van der Waals surface area (Å²) in [5.41, 5.74) is 0.0652. The normalized spacial score (nSPS) is 14.4. The first-order valence-electron chi connectivity index (χ1n) is 11.2. The van der Waals surface area contributed by atoms with Crippen molar-refractivity contribution >= 4 is 17.8 Å². The number of benzene rings is 3. The zero-order valence-corrected chi connectivity index (χ0v) is 20.2. The maximum atomic E-state index is 13.9. The van der Waals surface area contributed by atoms with Crippen LogP contribution in [0.5, 0.6) is 11.5 Å². The Morgan fingerprint density at radius 1 is 0.944 bits per heavy atom. The summed E-state index contributed by atoms with van der Waals surface area (Å²) in [6.07, 6.45) is 0. The molecule has 9 heteroatoms. The van der Waals surface area contributed by atoms with Gasteiger partial charge >= 0.3 is 6.03 Å². The number of carbonyl (C=O) groups is 3. The van der Waals surface area contributed by atoms with Crippen LogP contribution in [0.2, 0.25) is 0 Å². The number of ether oxygens (including phenoxy) is 2. The molecule has 1 fully saturated rings. The second kappa shape index (κ2) is 10.1. The third kappa shape index (κ3) is 4.59. The van der Waals surface area contributed by atoms with E-state index >= 15 is 0 Å². The molecule has 0 spiro atoms. The molecule has 1 aliphatic heterocycles. The van der Waals surface area contributed by atoms with E-state index in [9.17, 15) is 18.8 Å². The van der Waals surface area contributed by atoms with Crippen molar-refractivity contribution < 1.29 is 28.2 Å². The van der Waals surface area contributed by atoms with E-state index in [1.165, 1.54) is 38.3 Å². The van der Waals surface area contributed by atoms with Gasteiger partial charge in [-0.05, 0) is 53.1 Å². The van der Waals surface area contributed by atoms with Crippen molar-refractivity contribution in [2.24, 2.45) is 0 Å². The quantitative estimate of drug-likeness (QED) is 0.489. The fourth-order valence-corrected chi connectivity index (χ4v) is 4.21. The molecular formula is C27H26FN3O5. The molecule has 0 unspecified atom stereocenters. The number of imide groups is 1. The van der Waals surface area contributed by atoms with Gasteiger partial charge in [-0.15, -0.1) is 0 Å². The van der Waals surface area contributed by atoms with Gasteiger partial charge in [0.25, 0.3) is 5.91 Å². The minimum absolute atomic E-state index is 0.127. The Labute approximate surface area is 208 Å². The number of hydrogen-bond donors (Lipinski definition) is 1. The molecule has 8 nitrogen and oxygen atoms in total. The molecule has 1 N–H and O–H groups in total. The van der Waals surface area contributed by atoms with E-state index in [1.54, 1.807) is 60.7 Å². The predicted molar refractivity (Wildman–Crippen MR) is 130 cm³/mol. The molecule has 0 bridgehead atoms. The molecule has 36 heavy (non-hydrogen) atoms. The lowest BCUT2D eigenvalue weighted by Gasteiger charge is -2.28. The van der Waals surface area contributed by atoms with Crippen LogP contribution in [-0.4, -0.2) is 55.5 Å². The van der Waals surface area contributed by atoms with Crippen molar-refractivity contribution in [3.8, 4) is 11.5 Å². The topological polar surface area (TPSA) is 88.2 Å². The van der Waals surface area contributed by atoms with Crippen LogP contribution in [0.25, 0.3) is 0 Å². The van der Waals surface area contributed by atoms with E-state index in [2.05, 4.69) is 5.32 Å². The van der Waals surface area contributed by atoms with Crippen molar-refractivity contribution in [2.45, 2.75) is 12.1 Å². The van der Waals surface area contributed by atoms with E-state index < -0.39 is 35.7 Å². The fraction of sp³-hybridized carbons (Fsp3) is 0.222. The van der Waals surface area contributed by atoms with E-state index in [4.69, 9.17) is 9.47 Å². The van der Waals surface area contributed by atoms with Crippen molar-refractivity contribution in [1.29, 1.82) is 0 Å². The van der Waals surface area contributed by atoms with Gasteiger partial charge in [0, 0.05) is 13.6 Å². The predicted octanol–water partition coefficient (Wildman–Crippen LogP) is 3.30. The number of likely N-dealkylation sites (N-methyl/N-ethyl adjacent to an activating group) is 1. The molecule has 186 valence electrons. The SMILES string of the molecule is COc1ccc(C2(c3ccc(OC)cc3)NC(=O)N(CC(=O)N(C)Cc3cccc(F)c3)C2=O)cc1. The van der Waals surface area contributed by atoms with Crippen LogP contribution in [0.4, 0.5) is 9.18 Å². The molecule has 0 aliphatic carbocycles. The number of amides is 4. The van der Waals surface area contributed by atoms with E-state index in [-0.39, 0.29) is 6.54 Å². The highest BCUT2D eigenvalue weighted by molar-refractivity contribution is 6.11. The summed E-state index contributed by atoms with van der Waals surface area (Å²) in [6.45, 7) is -0.340. The molecule has 3 aromatic rings. The lowest BCUT2D eigenvalue weighted by Crippen LogP contribution is -2.46. The maximum Gasteiger partial charge on any atom is 0.326 e. The van der Waals surface area contributed by atoms with Crippen LogP contribution < -0.4 is 14.8 Å². The Morgan fingerprint density at radius 3 is 2.00 bits per heavy atom. The number of methoxy groups -OCH3 is 2. The first-order chi connectivity index (χ1) is 17.3. The van der Waals surface area contributed by atoms with Crippen LogP contribution >= 0.6 is 0 Å². The molecule has 4 rings (SSSR count). The van der Waals surface area contributed by atoms with Crippen LogP contribution in [0, 0.1) is 5.82 Å². The highest BCUT2D eigenvalue weighted by Gasteiger charge is 2.54. The summed E-state index contributed by atoms with van der Waals surface area (Å²) < 4.78 is 24.0. The summed E-state index contributed by atoms with van der Waals surface area (Å²) in [5, 5.41) is 2.81. The third-order valence-corrected chi connectivity index (χ3v) is 6.18. The minimum Gasteiger partial charge on any atom is -0.497 e. The van der Waals surface area contributed by atoms with Crippen LogP contribution in [-0.2, 0) is 21.7 Å². The van der Waals surface area contributed by atoms with Gasteiger partial charge < -0.3 is 19.7 Å². The molecule has 4 amide bonds. The van der Waals surface area contributed by atoms with E-state index in [0.29, 0.717) is 28.2 Å². The molecule has 1 heterocycles. The van der Waals surface area contributed by atoms with Crippen molar-refractivity contribution in [1.82, 2.24) is 15.1 Å². The third-order valence-electron chi connectivity index (χ3n) is 6.18. The zero-order valence-electron chi connectivity index (χ0n) is 20.2. The Hall–Kier alpha value is -4.40. The number of nitrogens with zero attached hydrogens (tertiary/aromatic N) is 2. The number of urea groups is 1. The monoisotopic (exact) mass is 491 g/mol. The average Bonchev–Trinajstić information content (AvgIpc) is 3.14. The Morgan fingerprint density at radius 2 is 1.50 bits per heavy atom. The average molecular weight is 492 g/mol. The zero-order chi connectivity index (χ0) is 25.9. The van der Waals surface area contributed by atoms with Crippen molar-refractivity contribution in [3.05, 3.63) is 95.3 Å². The van der Waals surface area contributed by atoms with Gasteiger partial charge in [0.15, 0.2) is 5.54 Å². The molecule has 1 saturated heterocycles. The van der Waals surface area contributed by atoms with Gasteiger partial charge in [-0.25, -0.2) is 9.18 Å². The number of hydrogen-bond acceptors (Lipinski definition) is 5.